The minimum Gasteiger partial charge on any atom is -0.710 e. The van der Waals surface area contributed by atoms with E-state index in [0.717, 1.165) is 10.1 Å². The summed E-state index contributed by atoms with van der Waals surface area (Å²) in [5.41, 5.74) is 0.929. The summed E-state index contributed by atoms with van der Waals surface area (Å²) < 4.78 is 21.7. The number of para-hydroxylation sites is 1. The van der Waals surface area contributed by atoms with Crippen LogP contribution in [0.2, 0.25) is 0 Å². The lowest BCUT2D eigenvalue weighted by molar-refractivity contribution is -0.568. The van der Waals surface area contributed by atoms with Gasteiger partial charge in [-0.1, -0.05) is 12.1 Å². The first-order chi connectivity index (χ1) is 10.7. The van der Waals surface area contributed by atoms with Gasteiger partial charge in [0, 0.05) is 6.07 Å². The zero-order chi connectivity index (χ0) is 15.5. The van der Waals surface area contributed by atoms with Gasteiger partial charge in [-0.05, 0) is 29.2 Å². The summed E-state index contributed by atoms with van der Waals surface area (Å²) in [6, 6.07) is 12.0. The Balaban J connectivity index is 2.22. The molecule has 7 heteroatoms. The van der Waals surface area contributed by atoms with Crippen molar-refractivity contribution in [2.45, 2.75) is 0 Å². The second-order valence-corrected chi connectivity index (χ2v) is 4.79. The highest BCUT2D eigenvalue weighted by atomic mass is 31.1. The Morgan fingerprint density at radius 2 is 2.05 bits per heavy atom. The number of benzene rings is 2. The van der Waals surface area contributed by atoms with Crippen LogP contribution in [0.5, 0.6) is 11.5 Å². The van der Waals surface area contributed by atoms with Crippen molar-refractivity contribution in [3.63, 3.8) is 0 Å². The lowest BCUT2D eigenvalue weighted by Crippen LogP contribution is -2.31. The third-order valence-electron chi connectivity index (χ3n) is 3.24. The second kappa shape index (κ2) is 5.95. The number of rotatable bonds is 4. The fourth-order valence-corrected chi connectivity index (χ4v) is 2.42. The molecule has 1 aromatic heterocycles. The van der Waals surface area contributed by atoms with E-state index in [0.29, 0.717) is 16.8 Å². The Labute approximate surface area is 127 Å². The fraction of sp³-hybridized carbons (Fsp3) is 0.0667. The van der Waals surface area contributed by atoms with Crippen LogP contribution in [0.3, 0.4) is 0 Å². The van der Waals surface area contributed by atoms with E-state index in [1.54, 1.807) is 36.5 Å². The van der Waals surface area contributed by atoms with Crippen molar-refractivity contribution < 1.29 is 18.6 Å². The average Bonchev–Trinajstić information content (AvgIpc) is 2.56. The predicted molar refractivity (Wildman–Crippen MR) is 80.9 cm³/mol. The number of methoxy groups -OCH3 is 1. The smallest absolute Gasteiger partial charge is 0.395 e. The molecule has 0 amide bonds. The molecule has 0 bridgehead atoms. The highest BCUT2D eigenvalue weighted by Crippen LogP contribution is 2.33. The van der Waals surface area contributed by atoms with Crippen molar-refractivity contribution in [2.24, 2.45) is 0 Å². The third-order valence-corrected chi connectivity index (χ3v) is 3.51. The van der Waals surface area contributed by atoms with E-state index in [-0.39, 0.29) is 11.6 Å². The Morgan fingerprint density at radius 1 is 1.23 bits per heavy atom. The van der Waals surface area contributed by atoms with E-state index in [9.17, 15) is 9.77 Å². The van der Waals surface area contributed by atoms with Crippen molar-refractivity contribution in [3.05, 3.63) is 53.9 Å². The Kier molecular flexibility index (Phi) is 3.85. The Hall–Kier alpha value is -2.72. The molecule has 110 valence electrons. The summed E-state index contributed by atoms with van der Waals surface area (Å²) in [4.78, 5) is 4.20. The lowest BCUT2D eigenvalue weighted by Gasteiger charge is -2.11. The van der Waals surface area contributed by atoms with Gasteiger partial charge >= 0.3 is 14.5 Å². The van der Waals surface area contributed by atoms with Gasteiger partial charge in [0.2, 0.25) is 0 Å². The van der Waals surface area contributed by atoms with Gasteiger partial charge in [-0.3, -0.25) is 0 Å². The molecular weight excluding hydrogens is 303 g/mol. The maximum Gasteiger partial charge on any atom is 0.395 e. The lowest BCUT2D eigenvalue weighted by atomic mass is 10.1. The van der Waals surface area contributed by atoms with Gasteiger partial charge in [0.15, 0.2) is 11.9 Å². The van der Waals surface area contributed by atoms with Gasteiger partial charge in [-0.2, -0.15) is 0 Å². The molecule has 3 rings (SSSR count). The van der Waals surface area contributed by atoms with Crippen LogP contribution in [0.4, 0.5) is 0 Å². The second-order valence-electron chi connectivity index (χ2n) is 4.46. The largest absolute Gasteiger partial charge is 0.710 e. The molecule has 0 fully saturated rings. The molecule has 22 heavy (non-hydrogen) atoms. The van der Waals surface area contributed by atoms with Crippen molar-refractivity contribution in [2.75, 3.05) is 7.11 Å². The number of fused-ring (bicyclic) bond motifs is 1. The first-order valence-electron chi connectivity index (χ1n) is 6.40. The van der Waals surface area contributed by atoms with Gasteiger partial charge in [0.05, 0.1) is 12.5 Å². The number of aromatic nitrogens is 2. The molecule has 2 aromatic carbocycles. The highest BCUT2D eigenvalue weighted by Gasteiger charge is 2.19. The van der Waals surface area contributed by atoms with Crippen molar-refractivity contribution in [1.82, 2.24) is 4.98 Å². The van der Waals surface area contributed by atoms with Crippen LogP contribution >= 0.6 is 8.69 Å². The number of hydrogen-bond donors (Lipinski definition) is 0. The Bertz CT molecular complexity index is 854. The molecule has 0 spiro atoms. The molecule has 3 aromatic rings. The van der Waals surface area contributed by atoms with Gasteiger partial charge in [-0.25, -0.2) is 9.30 Å². The van der Waals surface area contributed by atoms with E-state index in [1.165, 1.54) is 7.11 Å². The van der Waals surface area contributed by atoms with Gasteiger partial charge in [0.25, 0.3) is 0 Å². The summed E-state index contributed by atoms with van der Waals surface area (Å²) in [5.74, 6) is 0.948. The van der Waals surface area contributed by atoms with Gasteiger partial charge in [0.1, 0.15) is 16.8 Å². The number of hydrogen-bond acceptors (Lipinski definition) is 5. The number of nitrogens with zero attached hydrogens (tertiary/aromatic N) is 2. The van der Waals surface area contributed by atoms with Crippen molar-refractivity contribution >= 4 is 19.6 Å². The van der Waals surface area contributed by atoms with Crippen LogP contribution in [0.1, 0.15) is 0 Å². The van der Waals surface area contributed by atoms with E-state index in [2.05, 4.69) is 4.98 Å². The molecule has 0 unspecified atom stereocenters. The van der Waals surface area contributed by atoms with E-state index in [4.69, 9.17) is 9.26 Å². The zero-order valence-electron chi connectivity index (χ0n) is 11.6. The summed E-state index contributed by atoms with van der Waals surface area (Å²) in [6.45, 7) is 0. The van der Waals surface area contributed by atoms with Crippen LogP contribution in [0.25, 0.3) is 22.3 Å². The quantitative estimate of drug-likeness (QED) is 0.420. The zero-order valence-corrected chi connectivity index (χ0v) is 12.5. The maximum atomic E-state index is 12.5. The van der Waals surface area contributed by atoms with Crippen LogP contribution in [-0.2, 0) is 4.57 Å². The predicted octanol–water partition coefficient (Wildman–Crippen LogP) is 3.13. The van der Waals surface area contributed by atoms with Gasteiger partial charge in [-0.15, -0.1) is 0 Å². The molecule has 0 radical (unpaired) electrons. The third kappa shape index (κ3) is 2.44. The van der Waals surface area contributed by atoms with E-state index >= 15 is 0 Å². The van der Waals surface area contributed by atoms with Crippen molar-refractivity contribution in [1.29, 1.82) is 0 Å². The molecule has 0 atom stereocenters. The highest BCUT2D eigenvalue weighted by molar-refractivity contribution is 7.17. The van der Waals surface area contributed by atoms with E-state index in [1.807, 2.05) is 12.1 Å². The molecular formula is C15H11N2O4P. The summed E-state index contributed by atoms with van der Waals surface area (Å²) in [7, 11) is 0.987. The molecule has 6 nitrogen and oxygen atoms in total. The van der Waals surface area contributed by atoms with Crippen LogP contribution in [0, 0.1) is 5.21 Å². The molecule has 0 N–H and O–H groups in total. The first kappa shape index (κ1) is 14.2. The van der Waals surface area contributed by atoms with Crippen LogP contribution < -0.4 is 14.0 Å². The maximum absolute atomic E-state index is 12.5. The summed E-state index contributed by atoms with van der Waals surface area (Å²) >= 11 is 0. The average molecular weight is 314 g/mol. The summed E-state index contributed by atoms with van der Waals surface area (Å²) in [6.07, 6.45) is 1.61. The molecule has 1 heterocycles. The van der Waals surface area contributed by atoms with Crippen LogP contribution in [0.15, 0.2) is 48.7 Å². The molecule has 0 saturated heterocycles. The molecule has 0 saturated carbocycles. The monoisotopic (exact) mass is 314 g/mol. The standard InChI is InChI=1S/C15H11N2O4P/c1-20-11-6-7-12(14(8-11)21-22-19)15-16-9-10-4-2-3-5-13(10)17(15)18/h2-9H,1H3. The minimum absolute atomic E-state index is 0.167. The topological polar surface area (TPSA) is 75.4 Å². The summed E-state index contributed by atoms with van der Waals surface area (Å²) in [5, 5.41) is 13.3. The van der Waals surface area contributed by atoms with Crippen LogP contribution in [-0.4, -0.2) is 12.1 Å². The molecule has 0 aliphatic carbocycles. The Morgan fingerprint density at radius 3 is 2.82 bits per heavy atom. The molecule has 0 aliphatic heterocycles. The number of ether oxygens (including phenoxy) is 1. The van der Waals surface area contributed by atoms with Gasteiger partial charge < -0.3 is 14.5 Å². The van der Waals surface area contributed by atoms with E-state index < -0.39 is 8.69 Å². The normalized spacial score (nSPS) is 10.8. The SMILES string of the molecule is COc1ccc(-c2ncc3ccccc3[n+]2[O-])c(OP=O)c1. The minimum atomic E-state index is -0.522. The molecule has 0 aliphatic rings. The fourth-order valence-electron chi connectivity index (χ4n) is 2.19. The van der Waals surface area contributed by atoms with Crippen molar-refractivity contribution in [3.8, 4) is 22.9 Å². The first-order valence-corrected chi connectivity index (χ1v) is 7.13.